The molecule has 23 heavy (non-hydrogen) atoms. The zero-order valence-corrected chi connectivity index (χ0v) is 14.8. The summed E-state index contributed by atoms with van der Waals surface area (Å²) in [6, 6.07) is 7.43. The van der Waals surface area contributed by atoms with E-state index in [9.17, 15) is 13.2 Å². The number of nitrogens with zero attached hydrogens (tertiary/aromatic N) is 2. The van der Waals surface area contributed by atoms with E-state index >= 15 is 0 Å². The topological polar surface area (TPSA) is 88.6 Å². The van der Waals surface area contributed by atoms with E-state index in [-0.39, 0.29) is 10.5 Å². The van der Waals surface area contributed by atoms with Crippen LogP contribution in [0, 0.1) is 0 Å². The summed E-state index contributed by atoms with van der Waals surface area (Å²) in [6.45, 7) is 0. The first-order valence-electron chi connectivity index (χ1n) is 6.40. The molecule has 7 nitrogen and oxygen atoms in total. The second kappa shape index (κ2) is 7.18. The Labute approximate surface area is 142 Å². The molecule has 1 N–H and O–H groups in total. The van der Waals surface area contributed by atoms with Crippen molar-refractivity contribution in [3.63, 3.8) is 0 Å². The first-order valence-corrected chi connectivity index (χ1v) is 8.63. The average molecular weight is 400 g/mol. The molecule has 0 bridgehead atoms. The van der Waals surface area contributed by atoms with Crippen molar-refractivity contribution in [1.29, 1.82) is 0 Å². The molecule has 0 aliphatic rings. The van der Waals surface area contributed by atoms with Gasteiger partial charge in [-0.05, 0) is 46.3 Å². The predicted molar refractivity (Wildman–Crippen MR) is 88.3 cm³/mol. The van der Waals surface area contributed by atoms with E-state index in [0.717, 1.165) is 4.47 Å². The van der Waals surface area contributed by atoms with Crippen LogP contribution < -0.4 is 5.32 Å². The molecule has 2 aromatic rings. The lowest BCUT2D eigenvalue weighted by molar-refractivity contribution is -0.0258. The highest BCUT2D eigenvalue weighted by atomic mass is 79.9. The van der Waals surface area contributed by atoms with Gasteiger partial charge in [-0.3, -0.25) is 14.6 Å². The number of hydrogen-bond acceptors (Lipinski definition) is 5. The second-order valence-corrected chi connectivity index (χ2v) is 7.22. The molecule has 122 valence electrons. The Bertz CT molecular complexity index is 812. The maximum absolute atomic E-state index is 12.4. The number of halogens is 1. The minimum Gasteiger partial charge on any atom is -0.322 e. The summed E-state index contributed by atoms with van der Waals surface area (Å²) in [4.78, 5) is 20.9. The molecule has 9 heteroatoms. The molecular formula is C14H14BrN3O4S. The number of hydrogen-bond donors (Lipinski definition) is 1. The summed E-state index contributed by atoms with van der Waals surface area (Å²) < 4.78 is 25.7. The molecule has 0 aliphatic heterocycles. The summed E-state index contributed by atoms with van der Waals surface area (Å²) in [5.41, 5.74) is 0.742. The van der Waals surface area contributed by atoms with Crippen LogP contribution in [0.25, 0.3) is 0 Å². The van der Waals surface area contributed by atoms with E-state index < -0.39 is 15.9 Å². The maximum Gasteiger partial charge on any atom is 0.264 e. The fourth-order valence-corrected chi connectivity index (χ4v) is 3.15. The van der Waals surface area contributed by atoms with Gasteiger partial charge in [-0.2, -0.15) is 0 Å². The molecule has 0 saturated heterocycles. The molecule has 0 fully saturated rings. The molecule has 0 spiro atoms. The molecule has 0 atom stereocenters. The number of rotatable bonds is 5. The van der Waals surface area contributed by atoms with Crippen molar-refractivity contribution < 1.29 is 18.0 Å². The highest BCUT2D eigenvalue weighted by molar-refractivity contribution is 9.10. The number of carbonyl (C=O) groups excluding carboxylic acids is 1. The van der Waals surface area contributed by atoms with Crippen LogP contribution in [0.3, 0.4) is 0 Å². The highest BCUT2D eigenvalue weighted by Crippen LogP contribution is 2.24. The number of nitrogens with one attached hydrogen (secondary N) is 1. The zero-order chi connectivity index (χ0) is 17.0. The third-order valence-electron chi connectivity index (χ3n) is 3.01. The number of carbonyl (C=O) groups is 1. The summed E-state index contributed by atoms with van der Waals surface area (Å²) in [7, 11) is -1.32. The largest absolute Gasteiger partial charge is 0.322 e. The van der Waals surface area contributed by atoms with Gasteiger partial charge < -0.3 is 5.32 Å². The second-order valence-electron chi connectivity index (χ2n) is 4.43. The summed E-state index contributed by atoms with van der Waals surface area (Å²) in [5.74, 6) is -0.444. The van der Waals surface area contributed by atoms with Gasteiger partial charge in [0.1, 0.15) is 0 Å². The quantitative estimate of drug-likeness (QED) is 0.778. The Morgan fingerprint density at radius 3 is 2.52 bits per heavy atom. The van der Waals surface area contributed by atoms with Crippen molar-refractivity contribution in [2.24, 2.45) is 0 Å². The fraction of sp³-hybridized carbons (Fsp3) is 0.143. The van der Waals surface area contributed by atoms with Crippen molar-refractivity contribution >= 4 is 37.5 Å². The normalized spacial score (nSPS) is 11.5. The molecule has 1 aromatic heterocycles. The van der Waals surface area contributed by atoms with Gasteiger partial charge in [-0.1, -0.05) is 4.47 Å². The number of hydroxylamine groups is 1. The average Bonchev–Trinajstić information content (AvgIpc) is 2.55. The van der Waals surface area contributed by atoms with Crippen LogP contribution in [0.2, 0.25) is 0 Å². The molecule has 1 heterocycles. The third kappa shape index (κ3) is 3.94. The van der Waals surface area contributed by atoms with E-state index in [1.54, 1.807) is 24.5 Å². The number of pyridine rings is 1. The Morgan fingerprint density at radius 1 is 1.26 bits per heavy atom. The lowest BCUT2D eigenvalue weighted by atomic mass is 10.2. The number of aromatic nitrogens is 1. The van der Waals surface area contributed by atoms with Gasteiger partial charge in [0.25, 0.3) is 15.9 Å². The molecule has 0 saturated carbocycles. The van der Waals surface area contributed by atoms with Crippen molar-refractivity contribution in [1.82, 2.24) is 9.45 Å². The SMILES string of the molecule is CON(C)S(=O)(=O)c1ccc(Br)c(C(=O)Nc2ccncc2)c1. The Kier molecular flexibility index (Phi) is 5.47. The Balaban J connectivity index is 2.36. The molecule has 0 radical (unpaired) electrons. The summed E-state index contributed by atoms with van der Waals surface area (Å²) in [5, 5.41) is 2.67. The maximum atomic E-state index is 12.4. The number of anilines is 1. The number of benzene rings is 1. The molecule has 0 unspecified atom stereocenters. The lowest BCUT2D eigenvalue weighted by Crippen LogP contribution is -2.26. The number of amides is 1. The summed E-state index contributed by atoms with van der Waals surface area (Å²) >= 11 is 3.25. The van der Waals surface area contributed by atoms with Crippen molar-refractivity contribution in [3.05, 3.63) is 52.8 Å². The van der Waals surface area contributed by atoms with Crippen molar-refractivity contribution in [2.75, 3.05) is 19.5 Å². The standard InChI is InChI=1S/C14H14BrN3O4S/c1-18(22-2)23(20,21)11-3-4-13(15)12(9-11)14(19)17-10-5-7-16-8-6-10/h3-9H,1-2H3,(H,16,17,19). The van der Waals surface area contributed by atoms with Gasteiger partial charge in [0.2, 0.25) is 0 Å². The minimum absolute atomic E-state index is 0.0510. The van der Waals surface area contributed by atoms with E-state index in [1.165, 1.54) is 32.4 Å². The van der Waals surface area contributed by atoms with Crippen LogP contribution in [-0.2, 0) is 14.9 Å². The van der Waals surface area contributed by atoms with Crippen LogP contribution in [0.1, 0.15) is 10.4 Å². The zero-order valence-electron chi connectivity index (χ0n) is 12.4. The van der Waals surface area contributed by atoms with E-state index in [4.69, 9.17) is 4.84 Å². The van der Waals surface area contributed by atoms with Crippen LogP contribution >= 0.6 is 15.9 Å². The van der Waals surface area contributed by atoms with Gasteiger partial charge in [0.05, 0.1) is 17.6 Å². The molecule has 1 amide bonds. The van der Waals surface area contributed by atoms with E-state index in [1.807, 2.05) is 0 Å². The lowest BCUT2D eigenvalue weighted by Gasteiger charge is -2.15. The molecule has 2 rings (SSSR count). The van der Waals surface area contributed by atoms with Crippen molar-refractivity contribution in [3.8, 4) is 0 Å². The summed E-state index contributed by atoms with van der Waals surface area (Å²) in [6.07, 6.45) is 3.08. The predicted octanol–water partition coefficient (Wildman–Crippen LogP) is 2.28. The Morgan fingerprint density at radius 2 is 1.91 bits per heavy atom. The smallest absolute Gasteiger partial charge is 0.264 e. The van der Waals surface area contributed by atoms with Gasteiger partial charge in [0, 0.05) is 29.6 Å². The van der Waals surface area contributed by atoms with E-state index in [0.29, 0.717) is 10.2 Å². The first kappa shape index (κ1) is 17.5. The van der Waals surface area contributed by atoms with Crippen LogP contribution in [0.15, 0.2) is 52.1 Å². The van der Waals surface area contributed by atoms with Gasteiger partial charge in [-0.25, -0.2) is 8.42 Å². The van der Waals surface area contributed by atoms with Crippen LogP contribution in [-0.4, -0.2) is 37.9 Å². The van der Waals surface area contributed by atoms with Crippen molar-refractivity contribution in [2.45, 2.75) is 4.90 Å². The highest BCUT2D eigenvalue weighted by Gasteiger charge is 2.23. The van der Waals surface area contributed by atoms with Crippen LogP contribution in [0.5, 0.6) is 0 Å². The van der Waals surface area contributed by atoms with Gasteiger partial charge in [-0.15, -0.1) is 0 Å². The monoisotopic (exact) mass is 399 g/mol. The molecular weight excluding hydrogens is 386 g/mol. The minimum atomic E-state index is -3.83. The van der Waals surface area contributed by atoms with Crippen LogP contribution in [0.4, 0.5) is 5.69 Å². The number of sulfonamides is 1. The third-order valence-corrected chi connectivity index (χ3v) is 5.38. The van der Waals surface area contributed by atoms with Gasteiger partial charge >= 0.3 is 0 Å². The molecule has 1 aromatic carbocycles. The fourth-order valence-electron chi connectivity index (χ4n) is 1.72. The first-order chi connectivity index (χ1) is 10.9. The van der Waals surface area contributed by atoms with Gasteiger partial charge in [0.15, 0.2) is 0 Å². The molecule has 0 aliphatic carbocycles. The Hall–Kier alpha value is -1.81. The van der Waals surface area contributed by atoms with E-state index in [2.05, 4.69) is 26.2 Å².